The molecule has 1 unspecified atom stereocenters. The Kier molecular flexibility index (Phi) is 4.29. The molecule has 1 amide bonds. The van der Waals surface area contributed by atoms with Crippen molar-refractivity contribution in [3.8, 4) is 0 Å². The van der Waals surface area contributed by atoms with Gasteiger partial charge in [-0.3, -0.25) is 9.89 Å². The molecule has 0 aliphatic rings. The van der Waals surface area contributed by atoms with Crippen molar-refractivity contribution < 1.29 is 4.79 Å². The van der Waals surface area contributed by atoms with E-state index in [-0.39, 0.29) is 28.5 Å². The maximum absolute atomic E-state index is 12.4. The third-order valence-electron chi connectivity index (χ3n) is 3.42. The first-order chi connectivity index (χ1) is 11.1. The third kappa shape index (κ3) is 3.35. The zero-order valence-corrected chi connectivity index (χ0v) is 12.9. The Morgan fingerprint density at radius 1 is 1.39 bits per heavy atom. The molecule has 1 atom stereocenters. The second kappa shape index (κ2) is 6.53. The van der Waals surface area contributed by atoms with Gasteiger partial charge in [-0.1, -0.05) is 41.9 Å². The minimum atomic E-state index is -0.367. The summed E-state index contributed by atoms with van der Waals surface area (Å²) in [7, 11) is 0. The van der Waals surface area contributed by atoms with Gasteiger partial charge in [-0.2, -0.15) is 5.10 Å². The molecule has 118 valence electrons. The van der Waals surface area contributed by atoms with E-state index >= 15 is 0 Å². The van der Waals surface area contributed by atoms with Gasteiger partial charge in [-0.25, -0.2) is 4.98 Å². The van der Waals surface area contributed by atoms with Gasteiger partial charge in [-0.05, 0) is 5.56 Å². The van der Waals surface area contributed by atoms with Gasteiger partial charge < -0.3 is 15.6 Å². The second-order valence-electron chi connectivity index (χ2n) is 4.99. The van der Waals surface area contributed by atoms with E-state index < -0.39 is 0 Å². The van der Waals surface area contributed by atoms with E-state index in [4.69, 9.17) is 17.3 Å². The lowest BCUT2D eigenvalue weighted by Crippen LogP contribution is -2.31. The Morgan fingerprint density at radius 2 is 2.17 bits per heavy atom. The number of H-pyrrole nitrogens is 1. The molecule has 0 saturated carbocycles. The zero-order chi connectivity index (χ0) is 16.2. The van der Waals surface area contributed by atoms with E-state index in [1.165, 1.54) is 0 Å². The molecular formula is C15H15ClN6O. The van der Waals surface area contributed by atoms with Crippen LogP contribution in [0.25, 0.3) is 0 Å². The van der Waals surface area contributed by atoms with Crippen LogP contribution in [0, 0.1) is 0 Å². The van der Waals surface area contributed by atoms with Crippen LogP contribution in [0.3, 0.4) is 0 Å². The van der Waals surface area contributed by atoms with E-state index in [1.54, 1.807) is 12.5 Å². The first-order valence-electron chi connectivity index (χ1n) is 6.96. The molecular weight excluding hydrogens is 316 g/mol. The number of aromatic nitrogens is 4. The molecule has 0 aliphatic heterocycles. The number of nitrogens with zero attached hydrogens (tertiary/aromatic N) is 3. The molecule has 3 rings (SSSR count). The highest BCUT2D eigenvalue weighted by Gasteiger charge is 2.21. The number of nitrogens with two attached hydrogens (primary N) is 1. The summed E-state index contributed by atoms with van der Waals surface area (Å²) in [5.41, 5.74) is 6.68. The summed E-state index contributed by atoms with van der Waals surface area (Å²) in [5, 5.41) is 9.35. The van der Waals surface area contributed by atoms with Gasteiger partial charge in [0.05, 0.1) is 12.4 Å². The fourth-order valence-corrected chi connectivity index (χ4v) is 2.42. The number of anilines is 1. The van der Waals surface area contributed by atoms with Crippen LogP contribution in [0.4, 0.5) is 5.82 Å². The Hall–Kier alpha value is -2.80. The number of hydrogen-bond acceptors (Lipinski definition) is 4. The smallest absolute Gasteiger partial charge is 0.271 e. The number of carbonyl (C=O) groups excluding carboxylic acids is 1. The van der Waals surface area contributed by atoms with Crippen LogP contribution < -0.4 is 11.1 Å². The summed E-state index contributed by atoms with van der Waals surface area (Å²) >= 11 is 5.98. The fourth-order valence-electron chi connectivity index (χ4n) is 2.25. The highest BCUT2D eigenvalue weighted by molar-refractivity contribution is 6.35. The van der Waals surface area contributed by atoms with E-state index in [2.05, 4.69) is 20.5 Å². The number of hydrogen-bond donors (Lipinski definition) is 3. The van der Waals surface area contributed by atoms with Gasteiger partial charge in [0.2, 0.25) is 0 Å². The number of aromatic amines is 1. The number of benzene rings is 1. The van der Waals surface area contributed by atoms with Crippen molar-refractivity contribution in [3.63, 3.8) is 0 Å². The molecule has 3 aromatic rings. The van der Waals surface area contributed by atoms with E-state index in [9.17, 15) is 4.79 Å². The van der Waals surface area contributed by atoms with Crippen LogP contribution in [0.15, 0.2) is 49.1 Å². The number of nitrogens with one attached hydrogen (secondary N) is 2. The summed E-state index contributed by atoms with van der Waals surface area (Å²) in [5.74, 6) is -0.268. The average molecular weight is 331 g/mol. The van der Waals surface area contributed by atoms with E-state index in [0.29, 0.717) is 6.54 Å². The molecule has 0 spiro atoms. The topological polar surface area (TPSA) is 102 Å². The van der Waals surface area contributed by atoms with Gasteiger partial charge >= 0.3 is 0 Å². The summed E-state index contributed by atoms with van der Waals surface area (Å²) in [6.45, 7) is 0.539. The first-order valence-corrected chi connectivity index (χ1v) is 7.34. The van der Waals surface area contributed by atoms with Crippen molar-refractivity contribution in [2.24, 2.45) is 0 Å². The van der Waals surface area contributed by atoms with Crippen LogP contribution in [0.5, 0.6) is 0 Å². The normalized spacial score (nSPS) is 12.0. The van der Waals surface area contributed by atoms with Gasteiger partial charge in [-0.15, -0.1) is 0 Å². The van der Waals surface area contributed by atoms with Crippen molar-refractivity contribution >= 4 is 23.3 Å². The molecule has 7 nitrogen and oxygen atoms in total. The Bertz CT molecular complexity index is 784. The van der Waals surface area contributed by atoms with Gasteiger partial charge in [0, 0.05) is 18.9 Å². The van der Waals surface area contributed by atoms with Crippen LogP contribution in [0.2, 0.25) is 5.02 Å². The Labute approximate surface area is 137 Å². The summed E-state index contributed by atoms with van der Waals surface area (Å²) in [6, 6.07) is 9.41. The molecule has 0 bridgehead atoms. The van der Waals surface area contributed by atoms with Crippen LogP contribution in [-0.2, 0) is 6.54 Å². The van der Waals surface area contributed by atoms with Crippen molar-refractivity contribution in [1.29, 1.82) is 0 Å². The zero-order valence-electron chi connectivity index (χ0n) is 12.1. The summed E-state index contributed by atoms with van der Waals surface area (Å²) in [6.07, 6.45) is 5.23. The molecule has 1 aromatic carbocycles. The molecule has 23 heavy (non-hydrogen) atoms. The average Bonchev–Trinajstić information content (AvgIpc) is 3.18. The molecule has 0 saturated heterocycles. The SMILES string of the molecule is Nc1n[nH]c(C(=O)NC(Cn2ccnc2)c2ccccc2)c1Cl. The van der Waals surface area contributed by atoms with E-state index in [1.807, 2.05) is 41.1 Å². The van der Waals surface area contributed by atoms with Crippen LogP contribution >= 0.6 is 11.6 Å². The number of halogens is 1. The summed E-state index contributed by atoms with van der Waals surface area (Å²) < 4.78 is 1.89. The monoisotopic (exact) mass is 330 g/mol. The lowest BCUT2D eigenvalue weighted by molar-refractivity contribution is 0.0927. The van der Waals surface area contributed by atoms with Gasteiger partial charge in [0.15, 0.2) is 5.82 Å². The Balaban J connectivity index is 1.83. The van der Waals surface area contributed by atoms with E-state index in [0.717, 1.165) is 5.56 Å². The van der Waals surface area contributed by atoms with Crippen molar-refractivity contribution in [1.82, 2.24) is 25.1 Å². The maximum Gasteiger partial charge on any atom is 0.271 e. The predicted octanol–water partition coefficient (Wildman–Crippen LogP) is 2.01. The minimum absolute atomic E-state index is 0.0997. The molecule has 2 heterocycles. The minimum Gasteiger partial charge on any atom is -0.381 e. The lowest BCUT2D eigenvalue weighted by atomic mass is 10.1. The molecule has 2 aromatic heterocycles. The number of rotatable bonds is 5. The quantitative estimate of drug-likeness (QED) is 0.666. The highest BCUT2D eigenvalue weighted by Crippen LogP contribution is 2.21. The maximum atomic E-state index is 12.4. The van der Waals surface area contributed by atoms with Gasteiger partial charge in [0.25, 0.3) is 5.91 Å². The molecule has 4 N–H and O–H groups in total. The second-order valence-corrected chi connectivity index (χ2v) is 5.37. The number of amides is 1. The number of imidazole rings is 1. The Morgan fingerprint density at radius 3 is 2.78 bits per heavy atom. The van der Waals surface area contributed by atoms with Gasteiger partial charge in [0.1, 0.15) is 10.7 Å². The standard InChI is InChI=1S/C15H15ClN6O/c16-12-13(20-21-14(12)17)15(23)19-11(8-22-7-6-18-9-22)10-4-2-1-3-5-10/h1-7,9,11H,8H2,(H,19,23)(H3,17,20,21). The summed E-state index contributed by atoms with van der Waals surface area (Å²) in [4.78, 5) is 16.5. The van der Waals surface area contributed by atoms with Crippen LogP contribution in [-0.4, -0.2) is 25.7 Å². The predicted molar refractivity (Wildman–Crippen MR) is 86.9 cm³/mol. The molecule has 0 fully saturated rings. The number of carbonyl (C=O) groups is 1. The van der Waals surface area contributed by atoms with Crippen molar-refractivity contribution in [3.05, 3.63) is 65.3 Å². The highest BCUT2D eigenvalue weighted by atomic mass is 35.5. The molecule has 0 radical (unpaired) electrons. The van der Waals surface area contributed by atoms with Crippen molar-refractivity contribution in [2.45, 2.75) is 12.6 Å². The first kappa shape index (κ1) is 15.1. The van der Waals surface area contributed by atoms with Crippen LogP contribution in [0.1, 0.15) is 22.1 Å². The van der Waals surface area contributed by atoms with Crippen molar-refractivity contribution in [2.75, 3.05) is 5.73 Å². The fraction of sp³-hybridized carbons (Fsp3) is 0.133. The third-order valence-corrected chi connectivity index (χ3v) is 3.80. The largest absolute Gasteiger partial charge is 0.381 e. The molecule has 8 heteroatoms. The molecule has 0 aliphatic carbocycles. The number of nitrogen functional groups attached to an aromatic ring is 1. The lowest BCUT2D eigenvalue weighted by Gasteiger charge is -2.19.